The van der Waals surface area contributed by atoms with Crippen molar-refractivity contribution in [3.63, 3.8) is 0 Å². The highest BCUT2D eigenvalue weighted by Crippen LogP contribution is 2.14. The van der Waals surface area contributed by atoms with Crippen molar-refractivity contribution in [1.82, 2.24) is 5.43 Å². The third kappa shape index (κ3) is 5.65. The summed E-state index contributed by atoms with van der Waals surface area (Å²) in [5.41, 5.74) is 5.28. The van der Waals surface area contributed by atoms with Crippen LogP contribution in [0.4, 0.5) is 5.69 Å². The first kappa shape index (κ1) is 20.5. The lowest BCUT2D eigenvalue weighted by Crippen LogP contribution is -2.32. The first-order chi connectivity index (χ1) is 14.4. The second-order valence-electron chi connectivity index (χ2n) is 6.47. The van der Waals surface area contributed by atoms with Gasteiger partial charge in [-0.25, -0.2) is 10.2 Å². The SMILES string of the molecule is Cc1cc(C)cc(NC(=O)C(=O)N/N=C/c2ccc(OC(=O)c3ccco3)cc2)c1. The number of furan rings is 1. The number of nitrogens with zero attached hydrogens (tertiary/aromatic N) is 1. The van der Waals surface area contributed by atoms with E-state index in [1.807, 2.05) is 19.9 Å². The highest BCUT2D eigenvalue weighted by atomic mass is 16.5. The Labute approximate surface area is 172 Å². The van der Waals surface area contributed by atoms with Crippen LogP contribution in [0, 0.1) is 13.8 Å². The van der Waals surface area contributed by atoms with E-state index in [-0.39, 0.29) is 5.76 Å². The molecule has 2 aromatic carbocycles. The Morgan fingerprint density at radius 2 is 1.67 bits per heavy atom. The zero-order valence-electron chi connectivity index (χ0n) is 16.3. The molecule has 152 valence electrons. The Hall–Kier alpha value is -4.20. The maximum atomic E-state index is 12.0. The normalized spacial score (nSPS) is 10.6. The molecule has 0 unspecified atom stereocenters. The molecule has 0 aliphatic heterocycles. The van der Waals surface area contributed by atoms with Gasteiger partial charge in [-0.05, 0) is 79.1 Å². The molecule has 0 saturated heterocycles. The fourth-order valence-electron chi connectivity index (χ4n) is 2.62. The molecule has 0 saturated carbocycles. The van der Waals surface area contributed by atoms with Crippen LogP contribution in [0.1, 0.15) is 27.2 Å². The van der Waals surface area contributed by atoms with Crippen molar-refractivity contribution in [1.29, 1.82) is 0 Å². The minimum atomic E-state index is -0.894. The number of anilines is 1. The Morgan fingerprint density at radius 1 is 0.967 bits per heavy atom. The monoisotopic (exact) mass is 405 g/mol. The van der Waals surface area contributed by atoms with Gasteiger partial charge in [0.15, 0.2) is 0 Å². The van der Waals surface area contributed by atoms with Crippen LogP contribution in [0.3, 0.4) is 0 Å². The molecular formula is C22H19N3O5. The molecular weight excluding hydrogens is 386 g/mol. The van der Waals surface area contributed by atoms with Crippen molar-refractivity contribution in [3.8, 4) is 5.75 Å². The van der Waals surface area contributed by atoms with Gasteiger partial charge in [0.05, 0.1) is 12.5 Å². The smallest absolute Gasteiger partial charge is 0.379 e. The van der Waals surface area contributed by atoms with E-state index in [1.54, 1.807) is 42.5 Å². The maximum Gasteiger partial charge on any atom is 0.379 e. The quantitative estimate of drug-likeness (QED) is 0.223. The molecule has 8 heteroatoms. The van der Waals surface area contributed by atoms with Crippen molar-refractivity contribution < 1.29 is 23.5 Å². The van der Waals surface area contributed by atoms with Gasteiger partial charge in [0.1, 0.15) is 5.75 Å². The highest BCUT2D eigenvalue weighted by Gasteiger charge is 2.13. The van der Waals surface area contributed by atoms with Gasteiger partial charge in [0.25, 0.3) is 0 Å². The van der Waals surface area contributed by atoms with Crippen molar-refractivity contribution in [2.24, 2.45) is 5.10 Å². The Morgan fingerprint density at radius 3 is 2.30 bits per heavy atom. The zero-order valence-corrected chi connectivity index (χ0v) is 16.3. The Balaban J connectivity index is 1.51. The molecule has 3 aromatic rings. The van der Waals surface area contributed by atoms with Crippen molar-refractivity contribution in [2.45, 2.75) is 13.8 Å². The van der Waals surface area contributed by atoms with Crippen LogP contribution in [0.2, 0.25) is 0 Å². The van der Waals surface area contributed by atoms with Crippen LogP contribution in [0.5, 0.6) is 5.75 Å². The van der Waals surface area contributed by atoms with Gasteiger partial charge in [0.2, 0.25) is 5.76 Å². The minimum Gasteiger partial charge on any atom is -0.457 e. The highest BCUT2D eigenvalue weighted by molar-refractivity contribution is 6.39. The van der Waals surface area contributed by atoms with Crippen molar-refractivity contribution >= 4 is 29.7 Å². The maximum absolute atomic E-state index is 12.0. The van der Waals surface area contributed by atoms with Crippen molar-refractivity contribution in [3.05, 3.63) is 83.3 Å². The predicted octanol–water partition coefficient (Wildman–Crippen LogP) is 3.20. The molecule has 1 aromatic heterocycles. The van der Waals surface area contributed by atoms with Gasteiger partial charge in [-0.1, -0.05) is 6.07 Å². The minimum absolute atomic E-state index is 0.0995. The number of esters is 1. The zero-order chi connectivity index (χ0) is 21.5. The van der Waals surface area contributed by atoms with Crippen LogP contribution >= 0.6 is 0 Å². The topological polar surface area (TPSA) is 110 Å². The fraction of sp³-hybridized carbons (Fsp3) is 0.0909. The number of aryl methyl sites for hydroxylation is 2. The lowest BCUT2D eigenvalue weighted by Gasteiger charge is -2.06. The van der Waals surface area contributed by atoms with Gasteiger partial charge in [-0.3, -0.25) is 9.59 Å². The van der Waals surface area contributed by atoms with E-state index in [0.29, 0.717) is 17.0 Å². The number of hydrogen-bond donors (Lipinski definition) is 2. The molecule has 0 aliphatic carbocycles. The largest absolute Gasteiger partial charge is 0.457 e. The summed E-state index contributed by atoms with van der Waals surface area (Å²) in [5.74, 6) is -1.90. The number of benzene rings is 2. The van der Waals surface area contributed by atoms with Gasteiger partial charge in [-0.15, -0.1) is 0 Å². The number of nitrogens with one attached hydrogen (secondary N) is 2. The van der Waals surface area contributed by atoms with Crippen LogP contribution in [-0.2, 0) is 9.59 Å². The molecule has 30 heavy (non-hydrogen) atoms. The third-order valence-corrected chi connectivity index (χ3v) is 3.88. The summed E-state index contributed by atoms with van der Waals surface area (Å²) in [6.45, 7) is 3.80. The molecule has 2 amide bonds. The van der Waals surface area contributed by atoms with Gasteiger partial charge in [0, 0.05) is 5.69 Å². The lowest BCUT2D eigenvalue weighted by molar-refractivity contribution is -0.136. The first-order valence-corrected chi connectivity index (χ1v) is 8.99. The number of rotatable bonds is 5. The summed E-state index contributed by atoms with van der Waals surface area (Å²) < 4.78 is 10.1. The predicted molar refractivity (Wildman–Crippen MR) is 110 cm³/mol. The number of hydrogen-bond acceptors (Lipinski definition) is 6. The summed E-state index contributed by atoms with van der Waals surface area (Å²) >= 11 is 0. The van der Waals surface area contributed by atoms with Crippen LogP contribution in [0.15, 0.2) is 70.4 Å². The average molecular weight is 405 g/mol. The fourth-order valence-corrected chi connectivity index (χ4v) is 2.62. The van der Waals surface area contributed by atoms with Crippen LogP contribution in [-0.4, -0.2) is 24.0 Å². The summed E-state index contributed by atoms with van der Waals surface area (Å²) in [6.07, 6.45) is 2.74. The Kier molecular flexibility index (Phi) is 6.39. The van der Waals surface area contributed by atoms with E-state index in [2.05, 4.69) is 15.8 Å². The van der Waals surface area contributed by atoms with Gasteiger partial charge < -0.3 is 14.5 Å². The van der Waals surface area contributed by atoms with E-state index < -0.39 is 17.8 Å². The number of amides is 2. The molecule has 8 nitrogen and oxygen atoms in total. The lowest BCUT2D eigenvalue weighted by atomic mass is 10.1. The molecule has 2 N–H and O–H groups in total. The number of carbonyl (C=O) groups is 3. The van der Waals surface area contributed by atoms with E-state index in [9.17, 15) is 14.4 Å². The number of carbonyl (C=O) groups excluding carboxylic acids is 3. The molecule has 0 spiro atoms. The number of ether oxygens (including phenoxy) is 1. The van der Waals surface area contributed by atoms with Crippen molar-refractivity contribution in [2.75, 3.05) is 5.32 Å². The van der Waals surface area contributed by atoms with Gasteiger partial charge >= 0.3 is 17.8 Å². The molecule has 3 rings (SSSR count). The molecule has 0 fully saturated rings. The second kappa shape index (κ2) is 9.33. The first-order valence-electron chi connectivity index (χ1n) is 8.99. The molecule has 0 bridgehead atoms. The van der Waals surface area contributed by atoms with E-state index >= 15 is 0 Å². The van der Waals surface area contributed by atoms with E-state index in [4.69, 9.17) is 9.15 Å². The summed E-state index contributed by atoms with van der Waals surface area (Å²) in [7, 11) is 0. The molecule has 1 heterocycles. The van der Waals surface area contributed by atoms with E-state index in [1.165, 1.54) is 18.5 Å². The average Bonchev–Trinajstić information content (AvgIpc) is 3.23. The van der Waals surface area contributed by atoms with Crippen LogP contribution < -0.4 is 15.5 Å². The summed E-state index contributed by atoms with van der Waals surface area (Å²) in [6, 6.07) is 15.0. The van der Waals surface area contributed by atoms with Gasteiger partial charge in [-0.2, -0.15) is 5.10 Å². The third-order valence-electron chi connectivity index (χ3n) is 3.88. The number of hydrazone groups is 1. The summed E-state index contributed by atoms with van der Waals surface area (Å²) in [4.78, 5) is 35.7. The second-order valence-corrected chi connectivity index (χ2v) is 6.47. The molecule has 0 aliphatic rings. The standard InChI is InChI=1S/C22H19N3O5/c1-14-10-15(2)12-17(11-14)24-20(26)21(27)25-23-13-16-5-7-18(8-6-16)30-22(28)19-4-3-9-29-19/h3-13H,1-2H3,(H,24,26)(H,25,27)/b23-13+. The summed E-state index contributed by atoms with van der Waals surface area (Å²) in [5, 5.41) is 6.29. The van der Waals surface area contributed by atoms with E-state index in [0.717, 1.165) is 11.1 Å². The molecule has 0 atom stereocenters. The Bertz CT molecular complexity index is 1070. The van der Waals surface area contributed by atoms with Crippen LogP contribution in [0.25, 0.3) is 0 Å². The molecule has 0 radical (unpaired) electrons.